The lowest BCUT2D eigenvalue weighted by atomic mass is 10.1. The first-order valence-electron chi connectivity index (χ1n) is 8.52. The largest absolute Gasteiger partial charge is 0.420 e. The summed E-state index contributed by atoms with van der Waals surface area (Å²) in [5.74, 6) is 0.576. The highest BCUT2D eigenvalue weighted by Gasteiger charge is 2.28. The van der Waals surface area contributed by atoms with Crippen molar-refractivity contribution in [3.8, 4) is 17.5 Å². The van der Waals surface area contributed by atoms with E-state index in [0.29, 0.717) is 17.0 Å². The first-order chi connectivity index (χ1) is 12.7. The van der Waals surface area contributed by atoms with Crippen molar-refractivity contribution >= 4 is 0 Å². The molecule has 1 aliphatic heterocycles. The fourth-order valence-corrected chi connectivity index (χ4v) is 3.26. The molecule has 3 aromatic rings. The van der Waals surface area contributed by atoms with Gasteiger partial charge in [-0.15, -0.1) is 10.2 Å². The maximum atomic E-state index is 13.9. The summed E-state index contributed by atoms with van der Waals surface area (Å²) < 4.78 is 19.6. The van der Waals surface area contributed by atoms with Crippen LogP contribution in [0.15, 0.2) is 52.9 Å². The molecule has 1 aromatic heterocycles. The second-order valence-corrected chi connectivity index (χ2v) is 6.45. The van der Waals surface area contributed by atoms with Gasteiger partial charge in [0.2, 0.25) is 5.89 Å². The highest BCUT2D eigenvalue weighted by atomic mass is 19.1. The van der Waals surface area contributed by atoms with Gasteiger partial charge in [0.1, 0.15) is 5.82 Å². The van der Waals surface area contributed by atoms with Crippen LogP contribution in [-0.4, -0.2) is 28.2 Å². The van der Waals surface area contributed by atoms with E-state index in [9.17, 15) is 4.39 Å². The molecule has 0 N–H and O–H groups in total. The first kappa shape index (κ1) is 16.4. The van der Waals surface area contributed by atoms with Crippen molar-refractivity contribution in [2.24, 2.45) is 0 Å². The zero-order valence-corrected chi connectivity index (χ0v) is 14.1. The molecular formula is C20H17FN4O. The standard InChI is InChI=1S/C20H17FN4O/c21-18-4-2-1-3-17(18)20-24-23-19(26-20)16-9-10-25(13-16)12-15-7-5-14(11-22)6-8-15/h1-8,16H,9-10,12-13H2. The van der Waals surface area contributed by atoms with Crippen LogP contribution >= 0.6 is 0 Å². The van der Waals surface area contributed by atoms with Gasteiger partial charge >= 0.3 is 0 Å². The molecule has 0 aliphatic carbocycles. The summed E-state index contributed by atoms with van der Waals surface area (Å²) in [6.07, 6.45) is 0.926. The number of nitriles is 1. The molecule has 0 amide bonds. The highest BCUT2D eigenvalue weighted by molar-refractivity contribution is 5.53. The van der Waals surface area contributed by atoms with Crippen molar-refractivity contribution in [1.82, 2.24) is 15.1 Å². The van der Waals surface area contributed by atoms with Crippen LogP contribution in [0, 0.1) is 17.1 Å². The van der Waals surface area contributed by atoms with Crippen molar-refractivity contribution in [1.29, 1.82) is 5.26 Å². The summed E-state index contributed by atoms with van der Waals surface area (Å²) in [7, 11) is 0. The third-order valence-electron chi connectivity index (χ3n) is 4.66. The summed E-state index contributed by atoms with van der Waals surface area (Å²) in [5, 5.41) is 17.0. The average Bonchev–Trinajstić information content (AvgIpc) is 3.32. The van der Waals surface area contributed by atoms with E-state index in [0.717, 1.165) is 26.1 Å². The third-order valence-corrected chi connectivity index (χ3v) is 4.66. The van der Waals surface area contributed by atoms with Gasteiger partial charge in [0, 0.05) is 13.1 Å². The molecule has 1 saturated heterocycles. The normalized spacial score (nSPS) is 17.3. The van der Waals surface area contributed by atoms with Crippen LogP contribution in [0.1, 0.15) is 29.4 Å². The molecule has 0 spiro atoms. The van der Waals surface area contributed by atoms with E-state index in [1.165, 1.54) is 11.6 Å². The quantitative estimate of drug-likeness (QED) is 0.719. The Labute approximate surface area is 150 Å². The third kappa shape index (κ3) is 3.35. The SMILES string of the molecule is N#Cc1ccc(CN2CCC(c3nnc(-c4ccccc4F)o3)C2)cc1. The Morgan fingerprint density at radius 2 is 1.96 bits per heavy atom. The lowest BCUT2D eigenvalue weighted by Crippen LogP contribution is -2.19. The monoisotopic (exact) mass is 348 g/mol. The molecule has 5 nitrogen and oxygen atoms in total. The predicted octanol–water partition coefficient (Wildman–Crippen LogP) is 3.74. The Hall–Kier alpha value is -3.04. The van der Waals surface area contributed by atoms with Gasteiger partial charge in [-0.1, -0.05) is 24.3 Å². The number of nitrogens with zero attached hydrogens (tertiary/aromatic N) is 4. The number of benzene rings is 2. The van der Waals surface area contributed by atoms with Crippen molar-refractivity contribution < 1.29 is 8.81 Å². The van der Waals surface area contributed by atoms with Gasteiger partial charge in [0.25, 0.3) is 5.89 Å². The van der Waals surface area contributed by atoms with Crippen LogP contribution in [0.3, 0.4) is 0 Å². The van der Waals surface area contributed by atoms with E-state index in [1.807, 2.05) is 24.3 Å². The molecule has 0 radical (unpaired) electrons. The molecule has 1 aliphatic rings. The van der Waals surface area contributed by atoms with E-state index in [4.69, 9.17) is 9.68 Å². The highest BCUT2D eigenvalue weighted by Crippen LogP contribution is 2.30. The van der Waals surface area contributed by atoms with Gasteiger partial charge in [-0.2, -0.15) is 5.26 Å². The molecule has 1 atom stereocenters. The van der Waals surface area contributed by atoms with E-state index in [1.54, 1.807) is 18.2 Å². The van der Waals surface area contributed by atoms with Gasteiger partial charge < -0.3 is 4.42 Å². The molecule has 1 fully saturated rings. The molecule has 0 bridgehead atoms. The second-order valence-electron chi connectivity index (χ2n) is 6.45. The van der Waals surface area contributed by atoms with Gasteiger partial charge in [-0.05, 0) is 42.8 Å². The number of hydrogen-bond acceptors (Lipinski definition) is 5. The maximum Gasteiger partial charge on any atom is 0.250 e. The van der Waals surface area contributed by atoms with Crippen LogP contribution in [0.2, 0.25) is 0 Å². The lowest BCUT2D eigenvalue weighted by molar-refractivity contribution is 0.320. The van der Waals surface area contributed by atoms with E-state index < -0.39 is 0 Å². The van der Waals surface area contributed by atoms with Crippen molar-refractivity contribution in [2.75, 3.05) is 13.1 Å². The molecule has 1 unspecified atom stereocenters. The fourth-order valence-electron chi connectivity index (χ4n) is 3.26. The van der Waals surface area contributed by atoms with E-state index >= 15 is 0 Å². The number of likely N-dealkylation sites (tertiary alicyclic amines) is 1. The summed E-state index contributed by atoms with van der Waals surface area (Å²) in [6.45, 7) is 2.57. The molecule has 130 valence electrons. The minimum atomic E-state index is -0.364. The number of rotatable bonds is 4. The van der Waals surface area contributed by atoms with Gasteiger partial charge in [-0.3, -0.25) is 4.90 Å². The van der Waals surface area contributed by atoms with Crippen LogP contribution in [0.25, 0.3) is 11.5 Å². The van der Waals surface area contributed by atoms with Crippen molar-refractivity contribution in [2.45, 2.75) is 18.9 Å². The fraction of sp³-hybridized carbons (Fsp3) is 0.250. The second kappa shape index (κ2) is 7.06. The molecule has 6 heteroatoms. The van der Waals surface area contributed by atoms with Crippen LogP contribution in [0.4, 0.5) is 4.39 Å². The number of halogens is 1. The van der Waals surface area contributed by atoms with Crippen molar-refractivity contribution in [3.05, 3.63) is 71.4 Å². The summed E-state index contributed by atoms with van der Waals surface area (Å²) >= 11 is 0. The van der Waals surface area contributed by atoms with Gasteiger partial charge in [0.15, 0.2) is 0 Å². The van der Waals surface area contributed by atoms with Crippen LogP contribution < -0.4 is 0 Å². The molecule has 4 rings (SSSR count). The Morgan fingerprint density at radius 1 is 1.15 bits per heavy atom. The van der Waals surface area contributed by atoms with Gasteiger partial charge in [0.05, 0.1) is 23.1 Å². The Bertz CT molecular complexity index is 945. The average molecular weight is 348 g/mol. The van der Waals surface area contributed by atoms with E-state index in [-0.39, 0.29) is 17.6 Å². The zero-order chi connectivity index (χ0) is 17.9. The molecule has 0 saturated carbocycles. The van der Waals surface area contributed by atoms with Crippen LogP contribution in [-0.2, 0) is 6.54 Å². The molecule has 2 aromatic carbocycles. The number of aromatic nitrogens is 2. The smallest absolute Gasteiger partial charge is 0.250 e. The zero-order valence-electron chi connectivity index (χ0n) is 14.1. The summed E-state index contributed by atoms with van der Waals surface area (Å²) in [6, 6.07) is 16.2. The van der Waals surface area contributed by atoms with Gasteiger partial charge in [-0.25, -0.2) is 4.39 Å². The molecule has 2 heterocycles. The minimum absolute atomic E-state index is 0.154. The summed E-state index contributed by atoms with van der Waals surface area (Å²) in [5.41, 5.74) is 2.17. The minimum Gasteiger partial charge on any atom is -0.420 e. The predicted molar refractivity (Wildman–Crippen MR) is 93.5 cm³/mol. The lowest BCUT2D eigenvalue weighted by Gasteiger charge is -2.15. The number of hydrogen-bond donors (Lipinski definition) is 0. The van der Waals surface area contributed by atoms with Crippen LogP contribution in [0.5, 0.6) is 0 Å². The summed E-state index contributed by atoms with van der Waals surface area (Å²) in [4.78, 5) is 2.32. The van der Waals surface area contributed by atoms with Crippen molar-refractivity contribution in [3.63, 3.8) is 0 Å². The Kier molecular flexibility index (Phi) is 4.46. The molecular weight excluding hydrogens is 331 g/mol. The maximum absolute atomic E-state index is 13.9. The Morgan fingerprint density at radius 3 is 2.73 bits per heavy atom. The first-order valence-corrected chi connectivity index (χ1v) is 8.52. The topological polar surface area (TPSA) is 66.0 Å². The Balaban J connectivity index is 1.42. The molecule has 26 heavy (non-hydrogen) atoms. The van der Waals surface area contributed by atoms with E-state index in [2.05, 4.69) is 21.2 Å².